The van der Waals surface area contributed by atoms with E-state index in [9.17, 15) is 9.59 Å². The van der Waals surface area contributed by atoms with E-state index in [0.717, 1.165) is 42.7 Å². The summed E-state index contributed by atoms with van der Waals surface area (Å²) in [6.45, 7) is 11.9. The van der Waals surface area contributed by atoms with E-state index >= 15 is 0 Å². The van der Waals surface area contributed by atoms with Crippen LogP contribution in [0.15, 0.2) is 35.1 Å². The molecule has 0 fully saturated rings. The van der Waals surface area contributed by atoms with Crippen LogP contribution in [0.25, 0.3) is 16.6 Å². The summed E-state index contributed by atoms with van der Waals surface area (Å²) in [6.07, 6.45) is 1.56. The number of aromatic nitrogens is 3. The van der Waals surface area contributed by atoms with Gasteiger partial charge >= 0.3 is 0 Å². The molecule has 2 aromatic heterocycles. The van der Waals surface area contributed by atoms with E-state index in [1.165, 1.54) is 6.07 Å². The highest BCUT2D eigenvalue weighted by Crippen LogP contribution is 2.26. The number of rotatable bonds is 9. The van der Waals surface area contributed by atoms with Gasteiger partial charge in [-0.2, -0.15) is 4.98 Å². The molecule has 0 aliphatic heterocycles. The van der Waals surface area contributed by atoms with Crippen molar-refractivity contribution in [3.8, 4) is 0 Å². The largest absolute Gasteiger partial charge is 0.354 e. The second-order valence-corrected chi connectivity index (χ2v) is 7.33. The molecule has 7 nitrogen and oxygen atoms in total. The molecule has 0 saturated carbocycles. The Hall–Kier alpha value is -2.67. The maximum absolute atomic E-state index is 13.1. The Morgan fingerprint density at radius 1 is 1.21 bits per heavy atom. The van der Waals surface area contributed by atoms with Gasteiger partial charge in [0.15, 0.2) is 5.65 Å². The van der Waals surface area contributed by atoms with E-state index < -0.39 is 0 Å². The fraction of sp³-hybridized carbons (Fsp3) is 0.500. The van der Waals surface area contributed by atoms with Crippen LogP contribution in [-0.4, -0.2) is 51.2 Å². The fourth-order valence-corrected chi connectivity index (χ4v) is 3.96. The molecular formula is C22H31N5O2. The number of aryl methyl sites for hydroxylation is 1. The minimum Gasteiger partial charge on any atom is -0.354 e. The number of nitrogens with zero attached hydrogens (tertiary/aromatic N) is 4. The number of nitrogens with one attached hydrogen (secondary N) is 1. The number of para-hydroxylation sites is 1. The van der Waals surface area contributed by atoms with Crippen molar-refractivity contribution >= 4 is 22.5 Å². The molecule has 2 heterocycles. The van der Waals surface area contributed by atoms with E-state index in [0.29, 0.717) is 18.6 Å². The standard InChI is InChI=1S/C22H31N5O2/c1-5-18(22(29)23-13-10-14-25(6-2)7-3)27-19-12-9-8-11-17(19)21-24-20(28)15-16(4)26(21)27/h8-9,11-12,15,18H,5-7,10,13-14H2,1-4H3,(H,23,29)/t18-/m0/s1. The average molecular weight is 398 g/mol. The third-order valence-electron chi connectivity index (χ3n) is 5.52. The highest BCUT2D eigenvalue weighted by atomic mass is 16.2. The first-order valence-electron chi connectivity index (χ1n) is 10.5. The van der Waals surface area contributed by atoms with Crippen LogP contribution in [0, 0.1) is 6.92 Å². The average Bonchev–Trinajstić information content (AvgIpc) is 3.03. The molecule has 0 bridgehead atoms. The smallest absolute Gasteiger partial charge is 0.273 e. The maximum atomic E-state index is 13.1. The van der Waals surface area contributed by atoms with E-state index in [-0.39, 0.29) is 17.5 Å². The molecule has 1 amide bonds. The van der Waals surface area contributed by atoms with Gasteiger partial charge in [0, 0.05) is 23.7 Å². The molecule has 3 aromatic rings. The van der Waals surface area contributed by atoms with Gasteiger partial charge < -0.3 is 10.2 Å². The zero-order valence-corrected chi connectivity index (χ0v) is 17.8. The van der Waals surface area contributed by atoms with Crippen LogP contribution in [0.1, 0.15) is 45.3 Å². The summed E-state index contributed by atoms with van der Waals surface area (Å²) in [6, 6.07) is 8.92. The molecule has 0 radical (unpaired) electrons. The number of amides is 1. The Kier molecular flexibility index (Phi) is 6.69. The molecule has 7 heteroatoms. The number of hydrogen-bond donors (Lipinski definition) is 1. The highest BCUT2D eigenvalue weighted by molar-refractivity contribution is 5.94. The zero-order chi connectivity index (χ0) is 21.0. The lowest BCUT2D eigenvalue weighted by Crippen LogP contribution is -2.36. The Bertz CT molecular complexity index is 1050. The molecule has 0 aliphatic carbocycles. The zero-order valence-electron chi connectivity index (χ0n) is 17.8. The summed E-state index contributed by atoms with van der Waals surface area (Å²) >= 11 is 0. The molecule has 1 N–H and O–H groups in total. The van der Waals surface area contributed by atoms with Crippen LogP contribution >= 0.6 is 0 Å². The van der Waals surface area contributed by atoms with Crippen LogP contribution in [-0.2, 0) is 4.79 Å². The van der Waals surface area contributed by atoms with Crippen molar-refractivity contribution in [3.63, 3.8) is 0 Å². The molecule has 0 unspecified atom stereocenters. The van der Waals surface area contributed by atoms with E-state index in [1.807, 2.05) is 47.3 Å². The molecule has 3 rings (SSSR count). The lowest BCUT2D eigenvalue weighted by Gasteiger charge is -2.21. The van der Waals surface area contributed by atoms with Gasteiger partial charge in [-0.05, 0) is 51.5 Å². The predicted octanol–water partition coefficient (Wildman–Crippen LogP) is 2.76. The van der Waals surface area contributed by atoms with Crippen molar-refractivity contribution in [3.05, 3.63) is 46.4 Å². The van der Waals surface area contributed by atoms with Gasteiger partial charge in [-0.3, -0.25) is 14.3 Å². The Morgan fingerprint density at radius 2 is 1.93 bits per heavy atom. The summed E-state index contributed by atoms with van der Waals surface area (Å²) in [7, 11) is 0. The Morgan fingerprint density at radius 3 is 2.62 bits per heavy atom. The molecule has 1 aromatic carbocycles. The second kappa shape index (κ2) is 9.22. The van der Waals surface area contributed by atoms with Crippen molar-refractivity contribution in [2.75, 3.05) is 26.2 Å². The number of hydrogen-bond acceptors (Lipinski definition) is 4. The van der Waals surface area contributed by atoms with Crippen LogP contribution in [0.3, 0.4) is 0 Å². The van der Waals surface area contributed by atoms with Crippen molar-refractivity contribution in [1.82, 2.24) is 24.4 Å². The summed E-state index contributed by atoms with van der Waals surface area (Å²) in [5, 5.41) is 3.98. The molecule has 0 aliphatic rings. The summed E-state index contributed by atoms with van der Waals surface area (Å²) < 4.78 is 3.88. The van der Waals surface area contributed by atoms with Crippen molar-refractivity contribution in [1.29, 1.82) is 0 Å². The fourth-order valence-electron chi connectivity index (χ4n) is 3.96. The van der Waals surface area contributed by atoms with Gasteiger partial charge in [0.05, 0.1) is 5.52 Å². The van der Waals surface area contributed by atoms with Crippen molar-refractivity contribution in [2.45, 2.75) is 46.6 Å². The van der Waals surface area contributed by atoms with Crippen LogP contribution in [0.2, 0.25) is 0 Å². The van der Waals surface area contributed by atoms with E-state index in [1.54, 1.807) is 0 Å². The van der Waals surface area contributed by atoms with Crippen LogP contribution < -0.4 is 10.9 Å². The van der Waals surface area contributed by atoms with Crippen molar-refractivity contribution in [2.24, 2.45) is 0 Å². The third-order valence-corrected chi connectivity index (χ3v) is 5.52. The quantitative estimate of drug-likeness (QED) is 0.564. The first kappa shape index (κ1) is 21.0. The highest BCUT2D eigenvalue weighted by Gasteiger charge is 2.24. The predicted molar refractivity (Wildman–Crippen MR) is 116 cm³/mol. The lowest BCUT2D eigenvalue weighted by molar-refractivity contribution is -0.124. The van der Waals surface area contributed by atoms with Gasteiger partial charge in [-0.25, -0.2) is 4.52 Å². The SMILES string of the molecule is CC[C@@H](C(=O)NCCCN(CC)CC)n1c2ccccc2c2nc(=O)cc(C)n21. The van der Waals surface area contributed by atoms with Crippen molar-refractivity contribution < 1.29 is 4.79 Å². The monoisotopic (exact) mass is 397 g/mol. The van der Waals surface area contributed by atoms with E-state index in [2.05, 4.69) is 29.0 Å². The van der Waals surface area contributed by atoms with Crippen LogP contribution in [0.5, 0.6) is 0 Å². The summed E-state index contributed by atoms with van der Waals surface area (Å²) in [5.74, 6) is -0.00667. The molecule has 0 spiro atoms. The molecular weight excluding hydrogens is 366 g/mol. The first-order chi connectivity index (χ1) is 14.0. The Labute approximate surface area is 171 Å². The minimum atomic E-state index is -0.381. The molecule has 156 valence electrons. The summed E-state index contributed by atoms with van der Waals surface area (Å²) in [4.78, 5) is 31.6. The normalized spacial score (nSPS) is 12.7. The van der Waals surface area contributed by atoms with Gasteiger partial charge in [0.2, 0.25) is 5.91 Å². The lowest BCUT2D eigenvalue weighted by atomic mass is 10.2. The number of benzene rings is 1. The van der Waals surface area contributed by atoms with E-state index in [4.69, 9.17) is 0 Å². The van der Waals surface area contributed by atoms with Gasteiger partial charge in [-0.1, -0.05) is 32.9 Å². The van der Waals surface area contributed by atoms with Gasteiger partial charge in [0.1, 0.15) is 6.04 Å². The topological polar surface area (TPSA) is 71.6 Å². The summed E-state index contributed by atoms with van der Waals surface area (Å²) in [5.41, 5.74) is 2.00. The maximum Gasteiger partial charge on any atom is 0.273 e. The Balaban J connectivity index is 1.92. The van der Waals surface area contributed by atoms with Gasteiger partial charge in [0.25, 0.3) is 5.56 Å². The van der Waals surface area contributed by atoms with Crippen LogP contribution in [0.4, 0.5) is 0 Å². The minimum absolute atomic E-state index is 0.00667. The molecule has 29 heavy (non-hydrogen) atoms. The number of fused-ring (bicyclic) bond motifs is 3. The number of carbonyl (C=O) groups excluding carboxylic acids is 1. The first-order valence-corrected chi connectivity index (χ1v) is 10.5. The third kappa shape index (κ3) is 4.19. The molecule has 1 atom stereocenters. The molecule has 0 saturated heterocycles. The second-order valence-electron chi connectivity index (χ2n) is 7.33. The van der Waals surface area contributed by atoms with Gasteiger partial charge in [-0.15, -0.1) is 0 Å². The number of carbonyl (C=O) groups is 1.